The molecule has 1 heterocycles. The predicted molar refractivity (Wildman–Crippen MR) is 78.1 cm³/mol. The van der Waals surface area contributed by atoms with Gasteiger partial charge in [0.25, 0.3) is 0 Å². The van der Waals surface area contributed by atoms with Crippen molar-refractivity contribution in [2.45, 2.75) is 39.0 Å². The lowest BCUT2D eigenvalue weighted by atomic mass is 9.66. The second kappa shape index (κ2) is 6.84. The molecular formula is C16H24N2O2. The van der Waals surface area contributed by atoms with E-state index in [1.54, 1.807) is 6.20 Å². The van der Waals surface area contributed by atoms with Gasteiger partial charge < -0.3 is 10.4 Å². The number of hydrogen-bond acceptors (Lipinski definition) is 3. The zero-order chi connectivity index (χ0) is 14.4. The highest BCUT2D eigenvalue weighted by Gasteiger charge is 2.42. The van der Waals surface area contributed by atoms with Gasteiger partial charge in [-0.15, -0.1) is 0 Å². The van der Waals surface area contributed by atoms with E-state index in [0.717, 1.165) is 31.4 Å². The molecule has 1 unspecified atom stereocenters. The maximum absolute atomic E-state index is 12.2. The number of rotatable bonds is 7. The Hall–Kier alpha value is -1.42. The van der Waals surface area contributed by atoms with Gasteiger partial charge in [0.2, 0.25) is 5.91 Å². The summed E-state index contributed by atoms with van der Waals surface area (Å²) < 4.78 is 0. The monoisotopic (exact) mass is 276 g/mol. The van der Waals surface area contributed by atoms with E-state index in [4.69, 9.17) is 0 Å². The smallest absolute Gasteiger partial charge is 0.226 e. The van der Waals surface area contributed by atoms with Crippen LogP contribution in [0.15, 0.2) is 24.4 Å². The van der Waals surface area contributed by atoms with Gasteiger partial charge in [0.1, 0.15) is 0 Å². The van der Waals surface area contributed by atoms with Crippen molar-refractivity contribution in [3.63, 3.8) is 0 Å². The van der Waals surface area contributed by atoms with Crippen LogP contribution in [0.25, 0.3) is 0 Å². The van der Waals surface area contributed by atoms with Crippen LogP contribution in [0, 0.1) is 11.3 Å². The highest BCUT2D eigenvalue weighted by molar-refractivity contribution is 5.83. The first-order chi connectivity index (χ1) is 9.70. The van der Waals surface area contributed by atoms with Crippen molar-refractivity contribution in [1.29, 1.82) is 0 Å². The summed E-state index contributed by atoms with van der Waals surface area (Å²) in [4.78, 5) is 16.5. The summed E-state index contributed by atoms with van der Waals surface area (Å²) in [7, 11) is 0. The van der Waals surface area contributed by atoms with Gasteiger partial charge in [-0.1, -0.05) is 19.4 Å². The molecule has 1 aliphatic carbocycles. The standard InChI is InChI=1S/C16H24N2O2/c1-2-16(7-5-8-16)15(20)18-11-13(12-19)10-14-6-3-4-9-17-14/h3-4,6,9,13,19H,2,5,7-8,10-12H2,1H3,(H,18,20). The quantitative estimate of drug-likeness (QED) is 0.800. The number of amides is 1. The third kappa shape index (κ3) is 3.37. The second-order valence-electron chi connectivity index (χ2n) is 5.77. The van der Waals surface area contributed by atoms with Crippen molar-refractivity contribution in [1.82, 2.24) is 10.3 Å². The van der Waals surface area contributed by atoms with E-state index in [2.05, 4.69) is 17.2 Å². The molecule has 0 radical (unpaired) electrons. The molecule has 2 rings (SSSR count). The van der Waals surface area contributed by atoms with Crippen LogP contribution in [0.4, 0.5) is 0 Å². The molecule has 1 aliphatic rings. The van der Waals surface area contributed by atoms with Gasteiger partial charge in [-0.25, -0.2) is 0 Å². The van der Waals surface area contributed by atoms with Crippen molar-refractivity contribution in [2.75, 3.05) is 13.2 Å². The molecule has 1 fully saturated rings. The minimum Gasteiger partial charge on any atom is -0.396 e. The molecule has 1 aromatic rings. The van der Waals surface area contributed by atoms with Crippen LogP contribution in [0.1, 0.15) is 38.3 Å². The third-order valence-electron chi connectivity index (χ3n) is 4.50. The summed E-state index contributed by atoms with van der Waals surface area (Å²) in [5.74, 6) is 0.188. The molecule has 1 amide bonds. The number of nitrogens with one attached hydrogen (secondary N) is 1. The van der Waals surface area contributed by atoms with E-state index >= 15 is 0 Å². The maximum Gasteiger partial charge on any atom is 0.226 e. The lowest BCUT2D eigenvalue weighted by Crippen LogP contribution is -2.47. The minimum atomic E-state index is -0.134. The van der Waals surface area contributed by atoms with Crippen LogP contribution in [0.5, 0.6) is 0 Å². The van der Waals surface area contributed by atoms with Gasteiger partial charge in [-0.05, 0) is 37.8 Å². The average molecular weight is 276 g/mol. The van der Waals surface area contributed by atoms with Crippen LogP contribution in [0.2, 0.25) is 0 Å². The van der Waals surface area contributed by atoms with Crippen molar-refractivity contribution in [3.05, 3.63) is 30.1 Å². The summed E-state index contributed by atoms with van der Waals surface area (Å²) in [6, 6.07) is 5.76. The van der Waals surface area contributed by atoms with Crippen LogP contribution >= 0.6 is 0 Å². The molecule has 4 nitrogen and oxygen atoms in total. The first-order valence-electron chi connectivity index (χ1n) is 7.49. The number of hydrogen-bond donors (Lipinski definition) is 2. The van der Waals surface area contributed by atoms with E-state index in [-0.39, 0.29) is 23.8 Å². The summed E-state index contributed by atoms with van der Waals surface area (Å²) in [5.41, 5.74) is 0.819. The van der Waals surface area contributed by atoms with Crippen LogP contribution in [-0.2, 0) is 11.2 Å². The Balaban J connectivity index is 1.83. The molecule has 110 valence electrons. The molecule has 1 atom stereocenters. The van der Waals surface area contributed by atoms with E-state index in [1.807, 2.05) is 18.2 Å². The first kappa shape index (κ1) is 15.0. The topological polar surface area (TPSA) is 62.2 Å². The number of pyridine rings is 1. The first-order valence-corrected chi connectivity index (χ1v) is 7.49. The van der Waals surface area contributed by atoms with E-state index in [0.29, 0.717) is 13.0 Å². The normalized spacial score (nSPS) is 18.1. The minimum absolute atomic E-state index is 0.0304. The van der Waals surface area contributed by atoms with Gasteiger partial charge in [0.15, 0.2) is 0 Å². The highest BCUT2D eigenvalue weighted by Crippen LogP contribution is 2.43. The molecule has 20 heavy (non-hydrogen) atoms. The molecule has 0 aliphatic heterocycles. The SMILES string of the molecule is CCC1(C(=O)NCC(CO)Cc2ccccn2)CCC1. The Labute approximate surface area is 120 Å². The van der Waals surface area contributed by atoms with Crippen LogP contribution in [0.3, 0.4) is 0 Å². The summed E-state index contributed by atoms with van der Waals surface area (Å²) in [6.45, 7) is 2.67. The Bertz CT molecular complexity index is 424. The van der Waals surface area contributed by atoms with Gasteiger partial charge in [-0.3, -0.25) is 9.78 Å². The Morgan fingerprint density at radius 2 is 2.30 bits per heavy atom. The number of carbonyl (C=O) groups excluding carboxylic acids is 1. The fourth-order valence-corrected chi connectivity index (χ4v) is 2.79. The number of aliphatic hydroxyl groups is 1. The predicted octanol–water partition coefficient (Wildman–Crippen LogP) is 1.93. The molecular weight excluding hydrogens is 252 g/mol. The maximum atomic E-state index is 12.2. The Morgan fingerprint density at radius 3 is 2.80 bits per heavy atom. The van der Waals surface area contributed by atoms with Gasteiger partial charge >= 0.3 is 0 Å². The van der Waals surface area contributed by atoms with Crippen molar-refractivity contribution >= 4 is 5.91 Å². The summed E-state index contributed by atoms with van der Waals surface area (Å²) in [5, 5.41) is 12.5. The number of carbonyl (C=O) groups is 1. The lowest BCUT2D eigenvalue weighted by molar-refractivity contribution is -0.136. The highest BCUT2D eigenvalue weighted by atomic mass is 16.3. The van der Waals surface area contributed by atoms with Crippen LogP contribution < -0.4 is 5.32 Å². The Morgan fingerprint density at radius 1 is 1.50 bits per heavy atom. The third-order valence-corrected chi connectivity index (χ3v) is 4.50. The molecule has 1 saturated carbocycles. The molecule has 0 aromatic carbocycles. The summed E-state index contributed by atoms with van der Waals surface area (Å²) >= 11 is 0. The largest absolute Gasteiger partial charge is 0.396 e. The lowest BCUT2D eigenvalue weighted by Gasteiger charge is -2.39. The van der Waals surface area contributed by atoms with Crippen molar-refractivity contribution < 1.29 is 9.90 Å². The average Bonchev–Trinajstić information content (AvgIpc) is 2.44. The number of aliphatic hydroxyl groups excluding tert-OH is 1. The molecule has 0 bridgehead atoms. The van der Waals surface area contributed by atoms with E-state index in [1.165, 1.54) is 0 Å². The number of aromatic nitrogens is 1. The van der Waals surface area contributed by atoms with E-state index < -0.39 is 0 Å². The van der Waals surface area contributed by atoms with Gasteiger partial charge in [-0.2, -0.15) is 0 Å². The van der Waals surface area contributed by atoms with Crippen molar-refractivity contribution in [3.8, 4) is 0 Å². The second-order valence-corrected chi connectivity index (χ2v) is 5.77. The fraction of sp³-hybridized carbons (Fsp3) is 0.625. The van der Waals surface area contributed by atoms with Crippen LogP contribution in [-0.4, -0.2) is 29.1 Å². The molecule has 0 spiro atoms. The molecule has 1 aromatic heterocycles. The van der Waals surface area contributed by atoms with E-state index in [9.17, 15) is 9.90 Å². The Kier molecular flexibility index (Phi) is 5.12. The van der Waals surface area contributed by atoms with Gasteiger partial charge in [0.05, 0.1) is 0 Å². The number of nitrogens with zero attached hydrogens (tertiary/aromatic N) is 1. The zero-order valence-electron chi connectivity index (χ0n) is 12.1. The molecule has 0 saturated heterocycles. The summed E-state index contributed by atoms with van der Waals surface area (Å²) in [6.07, 6.45) is 6.50. The fourth-order valence-electron chi connectivity index (χ4n) is 2.79. The molecule has 4 heteroatoms. The zero-order valence-corrected chi connectivity index (χ0v) is 12.1. The van der Waals surface area contributed by atoms with Gasteiger partial charge in [0, 0.05) is 36.4 Å². The van der Waals surface area contributed by atoms with Crippen molar-refractivity contribution in [2.24, 2.45) is 11.3 Å². The molecule has 2 N–H and O–H groups in total.